The molecule has 0 aromatic heterocycles. The normalized spacial score (nSPS) is 16.1. The molecule has 0 amide bonds. The van der Waals surface area contributed by atoms with Gasteiger partial charge < -0.3 is 5.11 Å². The molecule has 3 aromatic rings. The predicted octanol–water partition coefficient (Wildman–Crippen LogP) is 5.22. The molecule has 1 heterocycles. The lowest BCUT2D eigenvalue weighted by molar-refractivity contribution is -0.404. The Morgan fingerprint density at radius 2 is 1.33 bits per heavy atom. The van der Waals surface area contributed by atoms with E-state index in [1.807, 2.05) is 6.07 Å². The lowest BCUT2D eigenvalue weighted by Crippen LogP contribution is -2.28. The van der Waals surface area contributed by atoms with Crippen molar-refractivity contribution in [3.63, 3.8) is 0 Å². The highest BCUT2D eigenvalue weighted by atomic mass is 16.6. The molecule has 1 aliphatic heterocycles. The lowest BCUT2D eigenvalue weighted by atomic mass is 9.74. The summed E-state index contributed by atoms with van der Waals surface area (Å²) in [5.41, 5.74) is 1.83. The number of hydrogen-bond donors (Lipinski definition) is 1. The van der Waals surface area contributed by atoms with Gasteiger partial charge in [0, 0.05) is 5.71 Å². The number of hydrogen-bond acceptors (Lipinski definition) is 8. The number of phenols is 1. The Morgan fingerprint density at radius 3 is 1.85 bits per heavy atom. The van der Waals surface area contributed by atoms with Gasteiger partial charge in [0.25, 0.3) is 11.4 Å². The summed E-state index contributed by atoms with van der Waals surface area (Å²) in [6, 6.07) is 19.9. The van der Waals surface area contributed by atoms with E-state index in [-0.39, 0.29) is 5.41 Å². The highest BCUT2D eigenvalue weighted by Crippen LogP contribution is 2.44. The maximum Gasteiger partial charge on any atom is 0.324 e. The molecular formula is C22H18N4O7. The second kappa shape index (κ2) is 8.83. The number of nitro benzene ring substituents is 3. The van der Waals surface area contributed by atoms with E-state index in [4.69, 9.17) is 10.1 Å². The standard InChI is InChI=1S/C16H15N.C6H3N3O7/c1-12-16(2,13-8-4-3-5-9-13)14-10-6-7-11-15(14)17-12;10-6-4(8(13)14)1-3(7(11)12)2-5(6)9(15)16/h3-11H,1-2H3;1-2,10H. The number of para-hydroxylation sites is 1. The third-order valence-corrected chi connectivity index (χ3v) is 5.46. The average molecular weight is 450 g/mol. The fourth-order valence-corrected chi connectivity index (χ4v) is 3.59. The Morgan fingerprint density at radius 1 is 0.818 bits per heavy atom. The number of rotatable bonds is 4. The van der Waals surface area contributed by atoms with E-state index in [2.05, 4.69) is 62.4 Å². The van der Waals surface area contributed by atoms with Crippen LogP contribution in [-0.2, 0) is 5.41 Å². The smallest absolute Gasteiger partial charge is 0.324 e. The van der Waals surface area contributed by atoms with Crippen LogP contribution in [0.1, 0.15) is 25.0 Å². The van der Waals surface area contributed by atoms with Gasteiger partial charge in [0.2, 0.25) is 0 Å². The number of phenolic OH excluding ortho intramolecular Hbond substituents is 1. The molecule has 0 spiro atoms. The first-order valence-corrected chi connectivity index (χ1v) is 9.58. The van der Waals surface area contributed by atoms with Gasteiger partial charge in [0.1, 0.15) is 0 Å². The quantitative estimate of drug-likeness (QED) is 0.421. The fraction of sp³-hybridized carbons (Fsp3) is 0.136. The van der Waals surface area contributed by atoms with Crippen molar-refractivity contribution in [1.82, 2.24) is 0 Å². The van der Waals surface area contributed by atoms with Gasteiger partial charge in [-0.15, -0.1) is 0 Å². The van der Waals surface area contributed by atoms with Crippen LogP contribution < -0.4 is 0 Å². The summed E-state index contributed by atoms with van der Waals surface area (Å²) in [5, 5.41) is 40.2. The third kappa shape index (κ3) is 4.24. The Kier molecular flexibility index (Phi) is 6.15. The number of non-ortho nitro benzene ring substituents is 1. The second-order valence-corrected chi connectivity index (χ2v) is 7.31. The zero-order chi connectivity index (χ0) is 24.3. The van der Waals surface area contributed by atoms with Crippen molar-refractivity contribution in [3.8, 4) is 5.75 Å². The molecule has 0 fully saturated rings. The predicted molar refractivity (Wildman–Crippen MR) is 120 cm³/mol. The maximum absolute atomic E-state index is 10.4. The number of aliphatic imine (C=N–C) groups is 1. The summed E-state index contributed by atoms with van der Waals surface area (Å²) in [6.45, 7) is 4.38. The second-order valence-electron chi connectivity index (χ2n) is 7.31. The number of nitro groups is 3. The lowest BCUT2D eigenvalue weighted by Gasteiger charge is -2.26. The van der Waals surface area contributed by atoms with Crippen LogP contribution in [0, 0.1) is 30.3 Å². The van der Waals surface area contributed by atoms with Crippen LogP contribution in [-0.4, -0.2) is 25.6 Å². The van der Waals surface area contributed by atoms with Crippen LogP contribution in [0.4, 0.5) is 22.7 Å². The molecule has 0 bridgehead atoms. The zero-order valence-electron chi connectivity index (χ0n) is 17.5. The monoisotopic (exact) mass is 450 g/mol. The van der Waals surface area contributed by atoms with Crippen molar-refractivity contribution in [3.05, 3.63) is 108 Å². The maximum atomic E-state index is 10.4. The van der Waals surface area contributed by atoms with Crippen molar-refractivity contribution in [2.45, 2.75) is 19.3 Å². The van der Waals surface area contributed by atoms with Crippen molar-refractivity contribution in [2.24, 2.45) is 4.99 Å². The van der Waals surface area contributed by atoms with Crippen LogP contribution in [0.3, 0.4) is 0 Å². The molecule has 1 aliphatic rings. The van der Waals surface area contributed by atoms with E-state index in [0.29, 0.717) is 12.1 Å². The summed E-state index contributed by atoms with van der Waals surface area (Å²) in [6.07, 6.45) is 0. The third-order valence-electron chi connectivity index (χ3n) is 5.46. The zero-order valence-corrected chi connectivity index (χ0v) is 17.5. The van der Waals surface area contributed by atoms with E-state index < -0.39 is 37.6 Å². The molecule has 11 heteroatoms. The van der Waals surface area contributed by atoms with E-state index in [0.717, 1.165) is 5.69 Å². The van der Waals surface area contributed by atoms with Crippen LogP contribution in [0.25, 0.3) is 0 Å². The van der Waals surface area contributed by atoms with Crippen LogP contribution in [0.5, 0.6) is 5.75 Å². The first-order chi connectivity index (χ1) is 15.6. The highest BCUT2D eigenvalue weighted by molar-refractivity contribution is 6.02. The number of nitrogens with zero attached hydrogens (tertiary/aromatic N) is 4. The largest absolute Gasteiger partial charge is 0.497 e. The van der Waals surface area contributed by atoms with E-state index in [9.17, 15) is 30.3 Å². The van der Waals surface area contributed by atoms with Crippen molar-refractivity contribution < 1.29 is 19.9 Å². The molecule has 1 N–H and O–H groups in total. The van der Waals surface area contributed by atoms with Gasteiger partial charge >= 0.3 is 11.4 Å². The fourth-order valence-electron chi connectivity index (χ4n) is 3.59. The van der Waals surface area contributed by atoms with Crippen LogP contribution in [0.15, 0.2) is 71.7 Å². The SMILES string of the molecule is CC1=Nc2ccccc2C1(C)c1ccccc1.O=[N+]([O-])c1cc([N+](=O)[O-])c(O)c([N+](=O)[O-])c1. The molecule has 33 heavy (non-hydrogen) atoms. The summed E-state index contributed by atoms with van der Waals surface area (Å²) in [5.74, 6) is -1.21. The first kappa shape index (κ1) is 23.0. The van der Waals surface area contributed by atoms with Gasteiger partial charge in [-0.25, -0.2) is 0 Å². The summed E-state index contributed by atoms with van der Waals surface area (Å²) in [7, 11) is 0. The summed E-state index contributed by atoms with van der Waals surface area (Å²) < 4.78 is 0. The van der Waals surface area contributed by atoms with Crippen molar-refractivity contribution in [2.75, 3.05) is 0 Å². The van der Waals surface area contributed by atoms with Gasteiger partial charge in [-0.1, -0.05) is 48.5 Å². The minimum atomic E-state index is -1.21. The molecule has 4 rings (SSSR count). The summed E-state index contributed by atoms with van der Waals surface area (Å²) in [4.78, 5) is 32.5. The molecular weight excluding hydrogens is 432 g/mol. The van der Waals surface area contributed by atoms with Crippen LogP contribution in [0.2, 0.25) is 0 Å². The minimum Gasteiger partial charge on any atom is -0.497 e. The number of aromatic hydroxyl groups is 1. The Hall–Kier alpha value is -4.67. The average Bonchev–Trinajstić information content (AvgIpc) is 3.05. The van der Waals surface area contributed by atoms with E-state index in [1.165, 1.54) is 16.8 Å². The Balaban J connectivity index is 0.000000186. The van der Waals surface area contributed by atoms with Crippen molar-refractivity contribution >= 4 is 28.5 Å². The molecule has 0 saturated carbocycles. The molecule has 1 atom stereocenters. The highest BCUT2D eigenvalue weighted by Gasteiger charge is 2.38. The van der Waals surface area contributed by atoms with E-state index >= 15 is 0 Å². The van der Waals surface area contributed by atoms with Gasteiger partial charge in [-0.2, -0.15) is 0 Å². The summed E-state index contributed by atoms with van der Waals surface area (Å²) >= 11 is 0. The Bertz CT molecular complexity index is 1260. The Labute approximate surface area is 187 Å². The topological polar surface area (TPSA) is 162 Å². The molecule has 11 nitrogen and oxygen atoms in total. The van der Waals surface area contributed by atoms with Gasteiger partial charge in [0.05, 0.1) is 38.0 Å². The molecule has 0 saturated heterocycles. The van der Waals surface area contributed by atoms with Gasteiger partial charge in [0.15, 0.2) is 0 Å². The van der Waals surface area contributed by atoms with Crippen molar-refractivity contribution in [1.29, 1.82) is 0 Å². The number of fused-ring (bicyclic) bond motifs is 1. The molecule has 1 unspecified atom stereocenters. The van der Waals surface area contributed by atoms with Gasteiger partial charge in [-0.3, -0.25) is 35.3 Å². The minimum absolute atomic E-state index is 0.0716. The van der Waals surface area contributed by atoms with Gasteiger partial charge in [-0.05, 0) is 31.0 Å². The molecule has 0 aliphatic carbocycles. The van der Waals surface area contributed by atoms with Crippen LogP contribution >= 0.6 is 0 Å². The number of benzene rings is 3. The first-order valence-electron chi connectivity index (χ1n) is 9.58. The van der Waals surface area contributed by atoms with E-state index in [1.54, 1.807) is 0 Å². The molecule has 168 valence electrons. The molecule has 0 radical (unpaired) electrons. The molecule has 3 aromatic carbocycles.